The van der Waals surface area contributed by atoms with E-state index in [1.54, 1.807) is 11.3 Å². The molecule has 2 nitrogen and oxygen atoms in total. The first-order valence-electron chi connectivity index (χ1n) is 6.59. The smallest absolute Gasteiger partial charge is 0.144 e. The number of hydrogen-bond donors (Lipinski definition) is 0. The van der Waals surface area contributed by atoms with Crippen molar-refractivity contribution in [3.63, 3.8) is 0 Å². The lowest BCUT2D eigenvalue weighted by Gasteiger charge is -2.31. The van der Waals surface area contributed by atoms with Crippen LogP contribution >= 0.6 is 11.3 Å². The van der Waals surface area contributed by atoms with Crippen molar-refractivity contribution in [1.29, 1.82) is 5.26 Å². The fraction of sp³-hybridized carbons (Fsp3) is 0.312. The molecule has 19 heavy (non-hydrogen) atoms. The van der Waals surface area contributed by atoms with E-state index < -0.39 is 5.54 Å². The van der Waals surface area contributed by atoms with Gasteiger partial charge in [-0.1, -0.05) is 36.4 Å². The maximum atomic E-state index is 9.75. The number of nitriles is 1. The van der Waals surface area contributed by atoms with Gasteiger partial charge in [-0.05, 0) is 29.9 Å². The van der Waals surface area contributed by atoms with E-state index in [1.807, 2.05) is 12.1 Å². The molecule has 0 N–H and O–H groups in total. The Hall–Kier alpha value is -1.63. The SMILES string of the molecule is N#CC1(c2cccs2)CCCN1Cc1ccccc1. The third-order valence-electron chi connectivity index (χ3n) is 3.84. The maximum Gasteiger partial charge on any atom is 0.144 e. The van der Waals surface area contributed by atoms with Crippen LogP contribution < -0.4 is 0 Å². The summed E-state index contributed by atoms with van der Waals surface area (Å²) in [5.41, 5.74) is 0.866. The average Bonchev–Trinajstić information content (AvgIpc) is 3.09. The fourth-order valence-corrected chi connectivity index (χ4v) is 3.80. The van der Waals surface area contributed by atoms with Crippen molar-refractivity contribution < 1.29 is 0 Å². The Morgan fingerprint density at radius 2 is 2.05 bits per heavy atom. The normalized spacial score (nSPS) is 23.3. The van der Waals surface area contributed by atoms with Gasteiger partial charge in [-0.3, -0.25) is 4.90 Å². The van der Waals surface area contributed by atoms with Gasteiger partial charge in [-0.25, -0.2) is 0 Å². The highest BCUT2D eigenvalue weighted by atomic mass is 32.1. The minimum absolute atomic E-state index is 0.413. The van der Waals surface area contributed by atoms with Gasteiger partial charge in [0.15, 0.2) is 0 Å². The first-order valence-corrected chi connectivity index (χ1v) is 7.47. The van der Waals surface area contributed by atoms with E-state index in [-0.39, 0.29) is 0 Å². The topological polar surface area (TPSA) is 27.0 Å². The Morgan fingerprint density at radius 1 is 1.21 bits per heavy atom. The lowest BCUT2D eigenvalue weighted by atomic mass is 9.95. The first-order chi connectivity index (χ1) is 9.35. The molecule has 0 radical (unpaired) electrons. The monoisotopic (exact) mass is 268 g/mol. The zero-order valence-corrected chi connectivity index (χ0v) is 11.6. The van der Waals surface area contributed by atoms with Crippen molar-refractivity contribution in [3.8, 4) is 6.07 Å². The zero-order chi connectivity index (χ0) is 13.1. The van der Waals surface area contributed by atoms with Crippen LogP contribution in [0.2, 0.25) is 0 Å². The number of benzene rings is 1. The predicted octanol–water partition coefficient (Wildman–Crippen LogP) is 3.76. The third kappa shape index (κ3) is 2.18. The van der Waals surface area contributed by atoms with E-state index in [0.29, 0.717) is 0 Å². The van der Waals surface area contributed by atoms with Gasteiger partial charge in [-0.2, -0.15) is 5.26 Å². The molecule has 0 spiro atoms. The Bertz CT molecular complexity index is 571. The minimum atomic E-state index is -0.413. The summed E-state index contributed by atoms with van der Waals surface area (Å²) in [5.74, 6) is 0. The van der Waals surface area contributed by atoms with E-state index in [0.717, 1.165) is 25.9 Å². The Balaban J connectivity index is 1.91. The van der Waals surface area contributed by atoms with Crippen LogP contribution in [0.1, 0.15) is 23.3 Å². The molecule has 1 aromatic heterocycles. The second-order valence-corrected chi connectivity index (χ2v) is 5.91. The van der Waals surface area contributed by atoms with Crippen LogP contribution in [0.25, 0.3) is 0 Å². The summed E-state index contributed by atoms with van der Waals surface area (Å²) in [5, 5.41) is 11.8. The van der Waals surface area contributed by atoms with Crippen molar-refractivity contribution in [3.05, 3.63) is 58.3 Å². The Morgan fingerprint density at radius 3 is 2.74 bits per heavy atom. The minimum Gasteiger partial charge on any atom is -0.277 e. The molecule has 0 aliphatic carbocycles. The molecule has 1 atom stereocenters. The summed E-state index contributed by atoms with van der Waals surface area (Å²) in [7, 11) is 0. The van der Waals surface area contributed by atoms with E-state index in [4.69, 9.17) is 0 Å². The second kappa shape index (κ2) is 5.16. The van der Waals surface area contributed by atoms with Crippen LogP contribution in [0.5, 0.6) is 0 Å². The molecular weight excluding hydrogens is 252 g/mol. The maximum absolute atomic E-state index is 9.75. The number of hydrogen-bond acceptors (Lipinski definition) is 3. The standard InChI is InChI=1S/C16H16N2S/c17-13-16(15-8-4-11-19-15)9-5-10-18(16)12-14-6-2-1-3-7-14/h1-4,6-8,11H,5,9-10,12H2. The third-order valence-corrected chi connectivity index (χ3v) is 4.86. The van der Waals surface area contributed by atoms with Crippen molar-refractivity contribution >= 4 is 11.3 Å². The van der Waals surface area contributed by atoms with Gasteiger partial charge in [0.05, 0.1) is 6.07 Å². The van der Waals surface area contributed by atoms with Crippen molar-refractivity contribution in [2.24, 2.45) is 0 Å². The van der Waals surface area contributed by atoms with Gasteiger partial charge in [0, 0.05) is 18.0 Å². The van der Waals surface area contributed by atoms with Crippen LogP contribution in [-0.2, 0) is 12.1 Å². The molecule has 3 heteroatoms. The van der Waals surface area contributed by atoms with E-state index in [9.17, 15) is 5.26 Å². The van der Waals surface area contributed by atoms with Crippen LogP contribution in [0.15, 0.2) is 47.8 Å². The summed E-state index contributed by atoms with van der Waals surface area (Å²) in [6, 6.07) is 17.1. The van der Waals surface area contributed by atoms with Gasteiger partial charge in [-0.15, -0.1) is 11.3 Å². The quantitative estimate of drug-likeness (QED) is 0.847. The summed E-state index contributed by atoms with van der Waals surface area (Å²) < 4.78 is 0. The molecular formula is C16H16N2S. The average molecular weight is 268 g/mol. The Labute approximate surface area is 117 Å². The summed E-state index contributed by atoms with van der Waals surface area (Å²) in [4.78, 5) is 3.51. The number of likely N-dealkylation sites (tertiary alicyclic amines) is 1. The van der Waals surface area contributed by atoms with Gasteiger partial charge < -0.3 is 0 Å². The van der Waals surface area contributed by atoms with Gasteiger partial charge in [0.25, 0.3) is 0 Å². The molecule has 0 bridgehead atoms. The molecule has 2 aromatic rings. The molecule has 1 aliphatic rings. The molecule has 2 heterocycles. The van der Waals surface area contributed by atoms with Crippen LogP contribution in [0, 0.1) is 11.3 Å². The molecule has 1 aliphatic heterocycles. The first kappa shape index (κ1) is 12.4. The van der Waals surface area contributed by atoms with Gasteiger partial charge in [0.1, 0.15) is 5.54 Å². The van der Waals surface area contributed by atoms with Gasteiger partial charge >= 0.3 is 0 Å². The number of nitrogens with zero attached hydrogens (tertiary/aromatic N) is 2. The molecule has 1 unspecified atom stereocenters. The summed E-state index contributed by atoms with van der Waals surface area (Å²) in [6.07, 6.45) is 2.04. The Kier molecular flexibility index (Phi) is 3.37. The highest BCUT2D eigenvalue weighted by Gasteiger charge is 2.43. The second-order valence-electron chi connectivity index (χ2n) is 4.96. The van der Waals surface area contributed by atoms with E-state index in [2.05, 4.69) is 46.7 Å². The van der Waals surface area contributed by atoms with Crippen LogP contribution in [0.4, 0.5) is 0 Å². The number of rotatable bonds is 3. The predicted molar refractivity (Wildman–Crippen MR) is 77.7 cm³/mol. The highest BCUT2D eigenvalue weighted by molar-refractivity contribution is 7.10. The van der Waals surface area contributed by atoms with Crippen molar-refractivity contribution in [1.82, 2.24) is 4.90 Å². The zero-order valence-electron chi connectivity index (χ0n) is 10.7. The van der Waals surface area contributed by atoms with E-state index in [1.165, 1.54) is 10.4 Å². The fourth-order valence-electron chi connectivity index (χ4n) is 2.87. The van der Waals surface area contributed by atoms with Crippen molar-refractivity contribution in [2.75, 3.05) is 6.54 Å². The highest BCUT2D eigenvalue weighted by Crippen LogP contribution is 2.41. The van der Waals surface area contributed by atoms with Crippen molar-refractivity contribution in [2.45, 2.75) is 24.9 Å². The molecule has 0 saturated carbocycles. The molecule has 1 fully saturated rings. The molecule has 1 saturated heterocycles. The number of thiophene rings is 1. The molecule has 3 rings (SSSR count). The van der Waals surface area contributed by atoms with Gasteiger partial charge in [0.2, 0.25) is 0 Å². The molecule has 96 valence electrons. The van der Waals surface area contributed by atoms with E-state index >= 15 is 0 Å². The summed E-state index contributed by atoms with van der Waals surface area (Å²) in [6.45, 7) is 1.85. The molecule has 0 amide bonds. The summed E-state index contributed by atoms with van der Waals surface area (Å²) >= 11 is 1.69. The lowest BCUT2D eigenvalue weighted by Crippen LogP contribution is -2.38. The largest absolute Gasteiger partial charge is 0.277 e. The van der Waals surface area contributed by atoms with Crippen LogP contribution in [0.3, 0.4) is 0 Å². The van der Waals surface area contributed by atoms with Crippen LogP contribution in [-0.4, -0.2) is 11.4 Å². The molecule has 1 aromatic carbocycles. The lowest BCUT2D eigenvalue weighted by molar-refractivity contribution is 0.187.